The van der Waals surface area contributed by atoms with Gasteiger partial charge in [-0.25, -0.2) is 0 Å². The molecule has 1 aliphatic rings. The van der Waals surface area contributed by atoms with Crippen molar-refractivity contribution in [2.45, 2.75) is 59.4 Å². The molecule has 0 spiro atoms. The van der Waals surface area contributed by atoms with Gasteiger partial charge in [-0.15, -0.1) is 0 Å². The van der Waals surface area contributed by atoms with Crippen LogP contribution in [-0.2, 0) is 4.79 Å². The van der Waals surface area contributed by atoms with E-state index in [0.717, 1.165) is 18.8 Å². The number of rotatable bonds is 5. The Kier molecular flexibility index (Phi) is 6.13. The molecular weight excluding hydrogens is 224 g/mol. The Morgan fingerprint density at radius 2 is 2.06 bits per heavy atom. The van der Waals surface area contributed by atoms with Crippen LogP contribution in [0.15, 0.2) is 0 Å². The van der Waals surface area contributed by atoms with Crippen LogP contribution >= 0.6 is 0 Å². The Balaban J connectivity index is 2.63. The SMILES string of the molecule is CCC(CN)C(=O)NC1CC(C)CCC1C(C)C. The number of hydrogen-bond acceptors (Lipinski definition) is 2. The average Bonchev–Trinajstić information content (AvgIpc) is 2.30. The first kappa shape index (κ1) is 15.5. The second kappa shape index (κ2) is 7.13. The molecule has 106 valence electrons. The van der Waals surface area contributed by atoms with Crippen molar-refractivity contribution in [1.82, 2.24) is 5.32 Å². The van der Waals surface area contributed by atoms with Gasteiger partial charge in [0.05, 0.1) is 0 Å². The summed E-state index contributed by atoms with van der Waals surface area (Å²) in [4.78, 5) is 12.2. The molecule has 1 fully saturated rings. The zero-order valence-electron chi connectivity index (χ0n) is 12.4. The Bertz CT molecular complexity index is 261. The highest BCUT2D eigenvalue weighted by Crippen LogP contribution is 2.33. The zero-order valence-corrected chi connectivity index (χ0v) is 12.4. The Hall–Kier alpha value is -0.570. The summed E-state index contributed by atoms with van der Waals surface area (Å²) in [7, 11) is 0. The van der Waals surface area contributed by atoms with Crippen molar-refractivity contribution in [3.63, 3.8) is 0 Å². The van der Waals surface area contributed by atoms with E-state index in [4.69, 9.17) is 5.73 Å². The molecule has 0 aromatic rings. The Morgan fingerprint density at radius 1 is 1.39 bits per heavy atom. The van der Waals surface area contributed by atoms with Gasteiger partial charge in [0.15, 0.2) is 0 Å². The molecule has 0 bridgehead atoms. The maximum atomic E-state index is 12.2. The van der Waals surface area contributed by atoms with Crippen LogP contribution in [0.3, 0.4) is 0 Å². The van der Waals surface area contributed by atoms with Gasteiger partial charge in [0.2, 0.25) is 5.91 Å². The summed E-state index contributed by atoms with van der Waals surface area (Å²) in [5.41, 5.74) is 5.65. The molecule has 1 rings (SSSR count). The minimum atomic E-state index is -0.0185. The molecule has 3 nitrogen and oxygen atoms in total. The van der Waals surface area contributed by atoms with Crippen LogP contribution < -0.4 is 11.1 Å². The molecule has 4 unspecified atom stereocenters. The molecule has 0 radical (unpaired) electrons. The van der Waals surface area contributed by atoms with Crippen LogP contribution in [0.25, 0.3) is 0 Å². The molecule has 1 saturated carbocycles. The van der Waals surface area contributed by atoms with Crippen LogP contribution in [0.5, 0.6) is 0 Å². The highest BCUT2D eigenvalue weighted by molar-refractivity contribution is 5.79. The molecule has 3 heteroatoms. The van der Waals surface area contributed by atoms with Crippen LogP contribution in [-0.4, -0.2) is 18.5 Å². The van der Waals surface area contributed by atoms with Gasteiger partial charge in [0.25, 0.3) is 0 Å². The molecule has 0 aromatic heterocycles. The van der Waals surface area contributed by atoms with E-state index >= 15 is 0 Å². The summed E-state index contributed by atoms with van der Waals surface area (Å²) in [6, 6.07) is 0.349. The number of amides is 1. The maximum Gasteiger partial charge on any atom is 0.224 e. The van der Waals surface area contributed by atoms with Crippen molar-refractivity contribution >= 4 is 5.91 Å². The fraction of sp³-hybridized carbons (Fsp3) is 0.933. The molecule has 4 atom stereocenters. The third-order valence-corrected chi connectivity index (χ3v) is 4.50. The van der Waals surface area contributed by atoms with Gasteiger partial charge in [-0.05, 0) is 37.0 Å². The summed E-state index contributed by atoms with van der Waals surface area (Å²) in [6.45, 7) is 9.30. The molecule has 0 aliphatic heterocycles. The van der Waals surface area contributed by atoms with Gasteiger partial charge in [-0.1, -0.05) is 34.1 Å². The second-order valence-corrected chi connectivity index (χ2v) is 6.28. The van der Waals surface area contributed by atoms with E-state index in [9.17, 15) is 4.79 Å². The minimum absolute atomic E-state index is 0.0185. The smallest absolute Gasteiger partial charge is 0.224 e. The highest BCUT2D eigenvalue weighted by Gasteiger charge is 2.32. The largest absolute Gasteiger partial charge is 0.353 e. The third-order valence-electron chi connectivity index (χ3n) is 4.50. The van der Waals surface area contributed by atoms with Gasteiger partial charge in [-0.3, -0.25) is 4.79 Å². The molecule has 3 N–H and O–H groups in total. The number of nitrogens with one attached hydrogen (secondary N) is 1. The zero-order chi connectivity index (χ0) is 13.7. The lowest BCUT2D eigenvalue weighted by Crippen LogP contribution is -2.48. The topological polar surface area (TPSA) is 55.1 Å². The number of nitrogens with two attached hydrogens (primary N) is 1. The first-order valence-corrected chi connectivity index (χ1v) is 7.50. The van der Waals surface area contributed by atoms with Crippen LogP contribution in [0.2, 0.25) is 0 Å². The van der Waals surface area contributed by atoms with Gasteiger partial charge < -0.3 is 11.1 Å². The quantitative estimate of drug-likeness (QED) is 0.792. The molecular formula is C15H30N2O. The maximum absolute atomic E-state index is 12.2. The van der Waals surface area contributed by atoms with Crippen molar-refractivity contribution in [2.24, 2.45) is 29.4 Å². The lowest BCUT2D eigenvalue weighted by molar-refractivity contribution is -0.126. The normalized spacial score (nSPS) is 30.2. The minimum Gasteiger partial charge on any atom is -0.353 e. The lowest BCUT2D eigenvalue weighted by atomic mass is 9.74. The number of carbonyl (C=O) groups is 1. The molecule has 0 aromatic carbocycles. The van der Waals surface area contributed by atoms with Crippen molar-refractivity contribution in [2.75, 3.05) is 6.54 Å². The van der Waals surface area contributed by atoms with Crippen LogP contribution in [0.4, 0.5) is 0 Å². The summed E-state index contributed by atoms with van der Waals surface area (Å²) in [5.74, 6) is 2.13. The molecule has 1 amide bonds. The summed E-state index contributed by atoms with van der Waals surface area (Å²) >= 11 is 0. The van der Waals surface area contributed by atoms with Crippen molar-refractivity contribution in [3.05, 3.63) is 0 Å². The predicted molar refractivity (Wildman–Crippen MR) is 76.1 cm³/mol. The van der Waals surface area contributed by atoms with Crippen molar-refractivity contribution in [1.29, 1.82) is 0 Å². The van der Waals surface area contributed by atoms with Gasteiger partial charge >= 0.3 is 0 Å². The Morgan fingerprint density at radius 3 is 2.56 bits per heavy atom. The molecule has 1 aliphatic carbocycles. The van der Waals surface area contributed by atoms with Gasteiger partial charge in [-0.2, -0.15) is 0 Å². The van der Waals surface area contributed by atoms with Gasteiger partial charge in [0, 0.05) is 18.5 Å². The predicted octanol–water partition coefficient (Wildman–Crippen LogP) is 2.55. The second-order valence-electron chi connectivity index (χ2n) is 6.28. The van der Waals surface area contributed by atoms with Crippen LogP contribution in [0, 0.1) is 23.7 Å². The molecule has 18 heavy (non-hydrogen) atoms. The first-order valence-electron chi connectivity index (χ1n) is 7.50. The van der Waals surface area contributed by atoms with E-state index in [1.807, 2.05) is 6.92 Å². The summed E-state index contributed by atoms with van der Waals surface area (Å²) in [5, 5.41) is 3.26. The number of carbonyl (C=O) groups excluding carboxylic acids is 1. The van der Waals surface area contributed by atoms with E-state index in [0.29, 0.717) is 24.4 Å². The monoisotopic (exact) mass is 254 g/mol. The van der Waals surface area contributed by atoms with Gasteiger partial charge in [0.1, 0.15) is 0 Å². The summed E-state index contributed by atoms with van der Waals surface area (Å²) < 4.78 is 0. The van der Waals surface area contributed by atoms with Crippen LogP contribution in [0.1, 0.15) is 53.4 Å². The Labute approximate surface area is 112 Å². The van der Waals surface area contributed by atoms with E-state index in [1.54, 1.807) is 0 Å². The third kappa shape index (κ3) is 3.98. The fourth-order valence-corrected chi connectivity index (χ4v) is 3.13. The first-order chi connectivity index (χ1) is 8.49. The summed E-state index contributed by atoms with van der Waals surface area (Å²) in [6.07, 6.45) is 4.49. The number of hydrogen-bond donors (Lipinski definition) is 2. The highest BCUT2D eigenvalue weighted by atomic mass is 16.1. The van der Waals surface area contributed by atoms with E-state index in [1.165, 1.54) is 12.8 Å². The van der Waals surface area contributed by atoms with E-state index in [2.05, 4.69) is 26.1 Å². The van der Waals surface area contributed by atoms with E-state index in [-0.39, 0.29) is 11.8 Å². The average molecular weight is 254 g/mol. The van der Waals surface area contributed by atoms with E-state index < -0.39 is 0 Å². The fourth-order valence-electron chi connectivity index (χ4n) is 3.13. The van der Waals surface area contributed by atoms with Crippen molar-refractivity contribution < 1.29 is 4.79 Å². The molecule has 0 heterocycles. The standard InChI is InChI=1S/C15H30N2O/c1-5-12(9-16)15(18)17-14-8-11(4)6-7-13(14)10(2)3/h10-14H,5-9,16H2,1-4H3,(H,17,18). The van der Waals surface area contributed by atoms with Crippen molar-refractivity contribution in [3.8, 4) is 0 Å². The molecule has 0 saturated heterocycles. The lowest BCUT2D eigenvalue weighted by Gasteiger charge is -2.38.